The summed E-state index contributed by atoms with van der Waals surface area (Å²) in [5, 5.41) is 9.57. The molecule has 0 amide bonds. The summed E-state index contributed by atoms with van der Waals surface area (Å²) in [4.78, 5) is 11.9. The van der Waals surface area contributed by atoms with Gasteiger partial charge in [-0.2, -0.15) is 0 Å². The van der Waals surface area contributed by atoms with E-state index in [4.69, 9.17) is 9.72 Å². The Morgan fingerprint density at radius 3 is 2.38 bits per heavy atom. The Balaban J connectivity index is 1.14. The number of rotatable bonds is 5. The summed E-state index contributed by atoms with van der Waals surface area (Å²) in [5.41, 5.74) is 5.50. The molecule has 2 aromatic carbocycles. The third kappa shape index (κ3) is 5.10. The number of halogens is 1. The van der Waals surface area contributed by atoms with Crippen LogP contribution in [0, 0.1) is 0 Å². The molecule has 196 valence electrons. The Labute approximate surface area is 218 Å². The van der Waals surface area contributed by atoms with Gasteiger partial charge in [0.05, 0.1) is 11.4 Å². The number of nitrogens with zero attached hydrogens (tertiary/aromatic N) is 5. The van der Waals surface area contributed by atoms with Crippen LogP contribution in [0.15, 0.2) is 48.7 Å². The second-order valence-corrected chi connectivity index (χ2v) is 10.8. The first-order valence-electron chi connectivity index (χ1n) is 13.4. The van der Waals surface area contributed by atoms with Gasteiger partial charge in [0.25, 0.3) is 0 Å². The lowest BCUT2D eigenvalue weighted by Gasteiger charge is -2.38. The van der Waals surface area contributed by atoms with Gasteiger partial charge in [-0.3, -0.25) is 14.4 Å². The summed E-state index contributed by atoms with van der Waals surface area (Å²) in [7, 11) is 0. The number of aliphatic hydroxyl groups is 1. The van der Waals surface area contributed by atoms with Gasteiger partial charge in [0.2, 0.25) is 5.85 Å². The lowest BCUT2D eigenvalue weighted by molar-refractivity contribution is -0.127. The molecule has 3 aliphatic heterocycles. The molecule has 1 aromatic heterocycles. The van der Waals surface area contributed by atoms with E-state index in [0.29, 0.717) is 32.3 Å². The summed E-state index contributed by atoms with van der Waals surface area (Å²) in [6.45, 7) is 11.0. The van der Waals surface area contributed by atoms with E-state index in [0.717, 1.165) is 54.7 Å². The fourth-order valence-corrected chi connectivity index (χ4v) is 5.65. The molecule has 0 unspecified atom stereocenters. The van der Waals surface area contributed by atoms with Gasteiger partial charge in [0.1, 0.15) is 12.4 Å². The van der Waals surface area contributed by atoms with Crippen molar-refractivity contribution in [1.82, 2.24) is 19.4 Å². The summed E-state index contributed by atoms with van der Waals surface area (Å²) in [6, 6.07) is 15.8. The topological polar surface area (TPSA) is 57.0 Å². The van der Waals surface area contributed by atoms with Crippen molar-refractivity contribution in [3.8, 4) is 22.6 Å². The highest BCUT2D eigenvalue weighted by Crippen LogP contribution is 2.35. The summed E-state index contributed by atoms with van der Waals surface area (Å²) >= 11 is 0. The van der Waals surface area contributed by atoms with Crippen molar-refractivity contribution in [3.05, 3.63) is 60.2 Å². The van der Waals surface area contributed by atoms with Crippen LogP contribution in [0.2, 0.25) is 0 Å². The number of fused-ring (bicyclic) bond motifs is 3. The fourth-order valence-electron chi connectivity index (χ4n) is 5.65. The Hall–Kier alpha value is -2.94. The second-order valence-electron chi connectivity index (χ2n) is 10.8. The maximum absolute atomic E-state index is 13.7. The van der Waals surface area contributed by atoms with Gasteiger partial charge in [-0.1, -0.05) is 18.2 Å². The van der Waals surface area contributed by atoms with Gasteiger partial charge < -0.3 is 14.7 Å². The van der Waals surface area contributed by atoms with Gasteiger partial charge in [0, 0.05) is 76.6 Å². The van der Waals surface area contributed by atoms with Crippen LogP contribution < -0.4 is 9.64 Å². The number of aromatic nitrogens is 2. The van der Waals surface area contributed by atoms with Crippen LogP contribution in [-0.4, -0.2) is 75.6 Å². The monoisotopic (exact) mass is 505 g/mol. The maximum atomic E-state index is 13.7. The number of alkyl halides is 1. The van der Waals surface area contributed by atoms with Crippen LogP contribution in [-0.2, 0) is 13.2 Å². The number of benzene rings is 2. The molecule has 37 heavy (non-hydrogen) atoms. The van der Waals surface area contributed by atoms with Crippen LogP contribution in [0.3, 0.4) is 0 Å². The number of piperazine rings is 1. The molecule has 0 atom stereocenters. The molecule has 8 heteroatoms. The van der Waals surface area contributed by atoms with Crippen molar-refractivity contribution in [2.24, 2.45) is 0 Å². The number of piperidine rings is 1. The Morgan fingerprint density at radius 2 is 1.68 bits per heavy atom. The molecule has 0 spiro atoms. The maximum Gasteiger partial charge on any atom is 0.209 e. The number of likely N-dealkylation sites (tertiary alicyclic amines) is 1. The zero-order chi connectivity index (χ0) is 25.6. The summed E-state index contributed by atoms with van der Waals surface area (Å²) in [5.74, 6) is -0.308. The molecule has 3 aromatic rings. The fraction of sp³-hybridized carbons (Fsp3) is 0.483. The van der Waals surface area contributed by atoms with Gasteiger partial charge in [-0.15, -0.1) is 0 Å². The summed E-state index contributed by atoms with van der Waals surface area (Å²) < 4.78 is 21.9. The van der Waals surface area contributed by atoms with Crippen LogP contribution in [0.25, 0.3) is 16.8 Å². The standard InChI is InChI=1S/C29H36FN5O2/c1-21(2)33-13-15-34(16-14-33)25-6-3-22(4-7-25)23-5-8-26-27(17-23)37-20-28-31-24(19-35(26)28)18-32-11-9-29(30,36)10-12-32/h3-8,17,19,21,36H,9-16,18,20H2,1-2H3. The van der Waals surface area contributed by atoms with Crippen molar-refractivity contribution in [1.29, 1.82) is 0 Å². The quantitative estimate of drug-likeness (QED) is 0.561. The molecule has 1 N–H and O–H groups in total. The number of anilines is 1. The van der Waals surface area contributed by atoms with Crippen LogP contribution >= 0.6 is 0 Å². The highest BCUT2D eigenvalue weighted by molar-refractivity contribution is 5.70. The number of hydrogen-bond donors (Lipinski definition) is 1. The lowest BCUT2D eigenvalue weighted by Crippen LogP contribution is -2.48. The predicted molar refractivity (Wildman–Crippen MR) is 143 cm³/mol. The minimum absolute atomic E-state index is 0.144. The van der Waals surface area contributed by atoms with Crippen molar-refractivity contribution < 1.29 is 14.2 Å². The van der Waals surface area contributed by atoms with Crippen molar-refractivity contribution in [2.45, 2.75) is 51.7 Å². The number of hydrogen-bond acceptors (Lipinski definition) is 6. The first-order valence-corrected chi connectivity index (χ1v) is 13.4. The van der Waals surface area contributed by atoms with Gasteiger partial charge in [-0.25, -0.2) is 9.37 Å². The Kier molecular flexibility index (Phi) is 6.42. The molecule has 0 saturated carbocycles. The highest BCUT2D eigenvalue weighted by atomic mass is 19.2. The molecule has 4 heterocycles. The van der Waals surface area contributed by atoms with E-state index in [1.54, 1.807) is 0 Å². The zero-order valence-corrected chi connectivity index (χ0v) is 21.7. The van der Waals surface area contributed by atoms with E-state index in [1.165, 1.54) is 11.3 Å². The third-order valence-corrected chi connectivity index (χ3v) is 8.02. The smallest absolute Gasteiger partial charge is 0.209 e. The van der Waals surface area contributed by atoms with Crippen molar-refractivity contribution in [2.75, 3.05) is 44.2 Å². The third-order valence-electron chi connectivity index (χ3n) is 8.02. The molecule has 0 radical (unpaired) electrons. The van der Waals surface area contributed by atoms with Gasteiger partial charge in [-0.05, 0) is 49.2 Å². The predicted octanol–water partition coefficient (Wildman–Crippen LogP) is 4.22. The first-order chi connectivity index (χ1) is 17.8. The number of imidazole rings is 1. The van der Waals surface area contributed by atoms with Crippen LogP contribution in [0.4, 0.5) is 10.1 Å². The molecule has 2 saturated heterocycles. The van der Waals surface area contributed by atoms with E-state index in [9.17, 15) is 9.50 Å². The zero-order valence-electron chi connectivity index (χ0n) is 21.7. The summed E-state index contributed by atoms with van der Waals surface area (Å²) in [6.07, 6.45) is 2.34. The van der Waals surface area contributed by atoms with E-state index < -0.39 is 5.85 Å². The SMILES string of the molecule is CC(C)N1CCN(c2ccc(-c3ccc4c(c3)OCc3nc(CN5CCC(O)(F)CC5)cn3-4)cc2)CC1. The largest absolute Gasteiger partial charge is 0.483 e. The molecular formula is C29H36FN5O2. The highest BCUT2D eigenvalue weighted by Gasteiger charge is 2.32. The molecule has 0 aliphatic carbocycles. The molecule has 7 nitrogen and oxygen atoms in total. The van der Waals surface area contributed by atoms with E-state index >= 15 is 0 Å². The normalized spacial score (nSPS) is 20.0. The Bertz CT molecular complexity index is 1240. The Morgan fingerprint density at radius 1 is 0.973 bits per heavy atom. The molecule has 3 aliphatic rings. The van der Waals surface area contributed by atoms with E-state index in [1.807, 2.05) is 0 Å². The first kappa shape index (κ1) is 24.4. The average molecular weight is 506 g/mol. The van der Waals surface area contributed by atoms with Crippen LogP contribution in [0.5, 0.6) is 5.75 Å². The van der Waals surface area contributed by atoms with Crippen molar-refractivity contribution in [3.63, 3.8) is 0 Å². The van der Waals surface area contributed by atoms with E-state index in [2.05, 4.69) is 81.8 Å². The molecule has 6 rings (SSSR count). The number of ether oxygens (including phenoxy) is 1. The van der Waals surface area contributed by atoms with E-state index in [-0.39, 0.29) is 12.8 Å². The van der Waals surface area contributed by atoms with Gasteiger partial charge in [0.15, 0.2) is 5.82 Å². The van der Waals surface area contributed by atoms with Crippen molar-refractivity contribution >= 4 is 5.69 Å². The minimum Gasteiger partial charge on any atom is -0.483 e. The van der Waals surface area contributed by atoms with Gasteiger partial charge >= 0.3 is 0 Å². The van der Waals surface area contributed by atoms with Crippen LogP contribution in [0.1, 0.15) is 38.2 Å². The molecule has 0 bridgehead atoms. The lowest BCUT2D eigenvalue weighted by atomic mass is 10.0. The second kappa shape index (κ2) is 9.74. The molecular weight excluding hydrogens is 469 g/mol. The molecule has 2 fully saturated rings. The average Bonchev–Trinajstić information content (AvgIpc) is 3.33. The minimum atomic E-state index is -2.03.